The first-order chi connectivity index (χ1) is 16.3. The van der Waals surface area contributed by atoms with Crippen LogP contribution in [-0.4, -0.2) is 33.1 Å². The number of carbonyl (C=O) groups is 2. The molecule has 0 fully saturated rings. The maximum atomic E-state index is 13.5. The lowest BCUT2D eigenvalue weighted by Crippen LogP contribution is -2.23. The Bertz CT molecular complexity index is 1220. The second-order valence-corrected chi connectivity index (χ2v) is 7.66. The van der Waals surface area contributed by atoms with Crippen LogP contribution in [0.4, 0.5) is 21.6 Å². The monoisotopic (exact) mass is 487 g/mol. The smallest absolute Gasteiger partial charge is 0.247 e. The van der Waals surface area contributed by atoms with Gasteiger partial charge in [0.15, 0.2) is 0 Å². The average molecular weight is 488 g/mol. The van der Waals surface area contributed by atoms with Crippen LogP contribution in [-0.2, 0) is 9.59 Å². The van der Waals surface area contributed by atoms with Gasteiger partial charge in [0.05, 0.1) is 22.3 Å². The van der Waals surface area contributed by atoms with Crippen LogP contribution in [0.3, 0.4) is 0 Å². The summed E-state index contributed by atoms with van der Waals surface area (Å²) in [6.07, 6.45) is 3.09. The molecule has 9 nitrogen and oxygen atoms in total. The summed E-state index contributed by atoms with van der Waals surface area (Å²) in [5.74, 6) is -0.773. The third-order valence-corrected chi connectivity index (χ3v) is 5.22. The van der Waals surface area contributed by atoms with Crippen molar-refractivity contribution < 1.29 is 23.9 Å². The maximum absolute atomic E-state index is 13.5. The number of halogens is 2. The van der Waals surface area contributed by atoms with Crippen LogP contribution in [0, 0.1) is 5.82 Å². The van der Waals surface area contributed by atoms with Gasteiger partial charge in [0.2, 0.25) is 11.8 Å². The lowest BCUT2D eigenvalue weighted by molar-refractivity contribution is -0.129. The van der Waals surface area contributed by atoms with Gasteiger partial charge in [0, 0.05) is 23.6 Å². The largest absolute Gasteiger partial charge is 0.488 e. The summed E-state index contributed by atoms with van der Waals surface area (Å²) < 4.78 is 19.6. The summed E-state index contributed by atoms with van der Waals surface area (Å²) >= 11 is 5.87. The molecule has 34 heavy (non-hydrogen) atoms. The van der Waals surface area contributed by atoms with E-state index in [1.54, 1.807) is 17.6 Å². The quantitative estimate of drug-likeness (QED) is 0.185. The third kappa shape index (κ3) is 6.18. The molecule has 0 aliphatic rings. The van der Waals surface area contributed by atoms with Gasteiger partial charge in [-0.1, -0.05) is 25.1 Å². The van der Waals surface area contributed by atoms with Crippen LogP contribution in [0.2, 0.25) is 5.02 Å². The molecule has 2 aromatic carbocycles. The molecule has 3 aromatic rings. The van der Waals surface area contributed by atoms with Gasteiger partial charge >= 0.3 is 0 Å². The predicted octanol–water partition coefficient (Wildman–Crippen LogP) is 4.73. The van der Waals surface area contributed by atoms with Gasteiger partial charge in [-0.05, 0) is 43.2 Å². The molecular formula is C23H23ClFN5O4. The Morgan fingerprint density at radius 1 is 1.29 bits per heavy atom. The number of carbonyl (C=O) groups excluding carboxylic acids is 2. The van der Waals surface area contributed by atoms with Crippen LogP contribution in [0.15, 0.2) is 49.3 Å². The van der Waals surface area contributed by atoms with Crippen molar-refractivity contribution in [1.82, 2.24) is 15.4 Å². The zero-order chi connectivity index (χ0) is 24.7. The molecule has 2 amide bonds. The van der Waals surface area contributed by atoms with Crippen LogP contribution < -0.4 is 20.9 Å². The third-order valence-electron chi connectivity index (χ3n) is 4.93. The minimum atomic E-state index is -0.544. The molecule has 0 bridgehead atoms. The van der Waals surface area contributed by atoms with E-state index in [2.05, 4.69) is 27.2 Å². The molecule has 0 aliphatic heterocycles. The molecule has 1 unspecified atom stereocenters. The molecule has 1 aromatic heterocycles. The van der Waals surface area contributed by atoms with Crippen LogP contribution >= 0.6 is 11.6 Å². The minimum absolute atomic E-state index is 0.0431. The predicted molar refractivity (Wildman–Crippen MR) is 127 cm³/mol. The first kappa shape index (κ1) is 24.9. The molecule has 11 heteroatoms. The van der Waals surface area contributed by atoms with Gasteiger partial charge in [-0.2, -0.15) is 0 Å². The molecule has 1 atom stereocenters. The number of ether oxygens (including phenoxy) is 1. The van der Waals surface area contributed by atoms with Crippen molar-refractivity contribution in [2.45, 2.75) is 32.3 Å². The summed E-state index contributed by atoms with van der Waals surface area (Å²) in [7, 11) is 0. The number of aromatic nitrogens is 2. The molecule has 0 radical (unpaired) electrons. The zero-order valence-electron chi connectivity index (χ0n) is 18.3. The van der Waals surface area contributed by atoms with Crippen LogP contribution in [0.1, 0.15) is 26.2 Å². The zero-order valence-corrected chi connectivity index (χ0v) is 19.0. The van der Waals surface area contributed by atoms with E-state index in [-0.39, 0.29) is 17.5 Å². The highest BCUT2D eigenvalue weighted by Gasteiger charge is 2.17. The minimum Gasteiger partial charge on any atom is -0.488 e. The van der Waals surface area contributed by atoms with Gasteiger partial charge in [-0.25, -0.2) is 19.8 Å². The number of amides is 2. The Balaban J connectivity index is 1.99. The highest BCUT2D eigenvalue weighted by atomic mass is 35.5. The number of nitrogens with zero attached hydrogens (tertiary/aromatic N) is 2. The van der Waals surface area contributed by atoms with Gasteiger partial charge in [-0.3, -0.25) is 14.8 Å². The number of nitrogens with one attached hydrogen (secondary N) is 3. The number of rotatable bonds is 10. The van der Waals surface area contributed by atoms with Gasteiger partial charge in [0.1, 0.15) is 23.7 Å². The molecule has 3 rings (SSSR count). The molecule has 0 spiro atoms. The van der Waals surface area contributed by atoms with E-state index in [9.17, 15) is 14.0 Å². The van der Waals surface area contributed by atoms with Crippen molar-refractivity contribution in [1.29, 1.82) is 0 Å². The van der Waals surface area contributed by atoms with Crippen molar-refractivity contribution >= 4 is 51.5 Å². The van der Waals surface area contributed by atoms with Crippen molar-refractivity contribution in [3.8, 4) is 5.75 Å². The highest BCUT2D eigenvalue weighted by Crippen LogP contribution is 2.35. The second kappa shape index (κ2) is 11.4. The Morgan fingerprint density at radius 3 is 2.76 bits per heavy atom. The molecule has 178 valence electrons. The first-order valence-corrected chi connectivity index (χ1v) is 10.8. The van der Waals surface area contributed by atoms with Crippen molar-refractivity contribution in [2.75, 3.05) is 10.6 Å². The Morgan fingerprint density at radius 2 is 2.09 bits per heavy atom. The number of hydrogen-bond acceptors (Lipinski definition) is 7. The van der Waals surface area contributed by atoms with Crippen molar-refractivity contribution in [3.63, 3.8) is 0 Å². The van der Waals surface area contributed by atoms with E-state index in [0.29, 0.717) is 46.7 Å². The van der Waals surface area contributed by atoms with E-state index >= 15 is 0 Å². The summed E-state index contributed by atoms with van der Waals surface area (Å²) in [4.78, 5) is 32.0. The Kier molecular flexibility index (Phi) is 8.34. The number of fused-ring (bicyclic) bond motifs is 1. The number of hydrogen-bond donors (Lipinski definition) is 4. The summed E-state index contributed by atoms with van der Waals surface area (Å²) in [6, 6.07) is 7.47. The molecule has 0 saturated carbocycles. The van der Waals surface area contributed by atoms with Crippen LogP contribution in [0.25, 0.3) is 10.9 Å². The summed E-state index contributed by atoms with van der Waals surface area (Å²) in [6.45, 7) is 5.36. The fourth-order valence-corrected chi connectivity index (χ4v) is 3.33. The normalized spacial score (nSPS) is 11.5. The van der Waals surface area contributed by atoms with Gasteiger partial charge in [0.25, 0.3) is 0 Å². The molecule has 0 saturated heterocycles. The second-order valence-electron chi connectivity index (χ2n) is 7.26. The van der Waals surface area contributed by atoms with Gasteiger partial charge in [-0.15, -0.1) is 0 Å². The van der Waals surface area contributed by atoms with E-state index in [1.807, 2.05) is 6.92 Å². The molecule has 0 aliphatic carbocycles. The lowest BCUT2D eigenvalue weighted by atomic mass is 10.1. The highest BCUT2D eigenvalue weighted by molar-refractivity contribution is 6.31. The molecule has 1 heterocycles. The van der Waals surface area contributed by atoms with Crippen molar-refractivity contribution in [2.24, 2.45) is 0 Å². The number of anilines is 3. The van der Waals surface area contributed by atoms with Crippen LogP contribution in [0.5, 0.6) is 5.75 Å². The maximum Gasteiger partial charge on any atom is 0.247 e. The first-order valence-electron chi connectivity index (χ1n) is 10.4. The fraction of sp³-hybridized carbons (Fsp3) is 0.217. The molecule has 4 N–H and O–H groups in total. The van der Waals surface area contributed by atoms with E-state index < -0.39 is 17.6 Å². The Hall–Kier alpha value is -3.76. The number of hydroxylamine groups is 1. The topological polar surface area (TPSA) is 125 Å². The van der Waals surface area contributed by atoms with E-state index in [1.165, 1.54) is 24.5 Å². The van der Waals surface area contributed by atoms with Gasteiger partial charge < -0.3 is 15.4 Å². The standard InChI is InChI=1S/C23H23ClFN5O4/c1-3-14(6-8-22(32)30-33)34-20-11-18-15(10-19(20)29-21(31)4-2)23(27-12-26-18)28-13-5-7-17(25)16(24)9-13/h4-5,7,9-12,14,33H,2-3,6,8H2,1H3,(H,29,31)(H,30,32)(H,26,27,28). The van der Waals surface area contributed by atoms with E-state index in [0.717, 1.165) is 6.08 Å². The summed E-state index contributed by atoms with van der Waals surface area (Å²) in [5.41, 5.74) is 2.96. The lowest BCUT2D eigenvalue weighted by Gasteiger charge is -2.20. The fourth-order valence-electron chi connectivity index (χ4n) is 3.15. The Labute approximate surface area is 200 Å². The van der Waals surface area contributed by atoms with Crippen molar-refractivity contribution in [3.05, 3.63) is 60.2 Å². The summed E-state index contributed by atoms with van der Waals surface area (Å²) in [5, 5.41) is 15.0. The van der Waals surface area contributed by atoms with E-state index in [4.69, 9.17) is 21.5 Å². The average Bonchev–Trinajstić information content (AvgIpc) is 2.84. The number of benzene rings is 2. The SMILES string of the molecule is C=CC(=O)Nc1cc2c(Nc3ccc(F)c(Cl)c3)ncnc2cc1OC(CC)CCC(=O)NO. The molecular weight excluding hydrogens is 465 g/mol.